The lowest BCUT2D eigenvalue weighted by atomic mass is 9.98. The van der Waals surface area contributed by atoms with E-state index < -0.39 is 30.6 Å². The first-order valence-corrected chi connectivity index (χ1v) is 12.7. The van der Waals surface area contributed by atoms with Gasteiger partial charge in [-0.25, -0.2) is 4.79 Å². The van der Waals surface area contributed by atoms with Crippen molar-refractivity contribution in [2.24, 2.45) is 0 Å². The van der Waals surface area contributed by atoms with Crippen LogP contribution in [0.4, 0.5) is 4.79 Å². The van der Waals surface area contributed by atoms with E-state index in [2.05, 4.69) is 17.4 Å². The second-order valence-electron chi connectivity index (χ2n) is 9.39. The molecule has 1 aliphatic rings. The number of benzene rings is 4. The molecule has 0 saturated carbocycles. The Balaban J connectivity index is 1.35. The molecule has 1 aliphatic carbocycles. The van der Waals surface area contributed by atoms with Gasteiger partial charge >= 0.3 is 12.1 Å². The maximum absolute atomic E-state index is 13.7. The smallest absolute Gasteiger partial charge is 0.408 e. The fraction of sp³-hybridized carbons (Fsp3) is 0.156. The van der Waals surface area contributed by atoms with E-state index in [1.807, 2.05) is 66.7 Å². The van der Waals surface area contributed by atoms with Crippen LogP contribution in [0.15, 0.2) is 109 Å². The molecule has 0 spiro atoms. The topological polar surface area (TPSA) is 95.9 Å². The molecule has 7 heteroatoms. The molecule has 2 N–H and O–H groups in total. The van der Waals surface area contributed by atoms with Crippen LogP contribution in [0.25, 0.3) is 11.1 Å². The van der Waals surface area contributed by atoms with Gasteiger partial charge < -0.3 is 20.1 Å². The highest BCUT2D eigenvalue weighted by Crippen LogP contribution is 2.44. The van der Waals surface area contributed by atoms with Crippen molar-refractivity contribution in [1.82, 2.24) is 10.2 Å². The highest BCUT2D eigenvalue weighted by molar-refractivity contribution is 5.89. The fourth-order valence-corrected chi connectivity index (χ4v) is 5.05. The number of carboxylic acid groups (broad SMARTS) is 1. The first-order valence-electron chi connectivity index (χ1n) is 12.7. The van der Waals surface area contributed by atoms with Crippen LogP contribution in [0, 0.1) is 0 Å². The summed E-state index contributed by atoms with van der Waals surface area (Å²) < 4.78 is 5.68. The van der Waals surface area contributed by atoms with Crippen LogP contribution < -0.4 is 5.32 Å². The predicted octanol–water partition coefficient (Wildman–Crippen LogP) is 5.38. The number of hydrogen-bond acceptors (Lipinski definition) is 4. The average molecular weight is 521 g/mol. The van der Waals surface area contributed by atoms with E-state index in [0.717, 1.165) is 27.8 Å². The Kier molecular flexibility index (Phi) is 7.68. The SMILES string of the molecule is O=C(O)CN(Cc1ccccc1)C(=O)[C@H](NC(=O)OCC1c2ccccc2-c2ccccc21)c1ccccc1. The van der Waals surface area contributed by atoms with Crippen molar-refractivity contribution < 1.29 is 24.2 Å². The third-order valence-electron chi connectivity index (χ3n) is 6.84. The van der Waals surface area contributed by atoms with Crippen LogP contribution in [0.2, 0.25) is 0 Å². The van der Waals surface area contributed by atoms with E-state index >= 15 is 0 Å². The van der Waals surface area contributed by atoms with E-state index in [9.17, 15) is 19.5 Å². The van der Waals surface area contributed by atoms with Crippen LogP contribution in [-0.2, 0) is 20.9 Å². The summed E-state index contributed by atoms with van der Waals surface area (Å²) in [5.74, 6) is -1.82. The molecule has 0 fully saturated rings. The van der Waals surface area contributed by atoms with Gasteiger partial charge in [-0.05, 0) is 33.4 Å². The summed E-state index contributed by atoms with van der Waals surface area (Å²) in [6.07, 6.45) is -0.756. The zero-order valence-corrected chi connectivity index (χ0v) is 21.2. The Labute approximate surface area is 226 Å². The van der Waals surface area contributed by atoms with Crippen LogP contribution in [-0.4, -0.2) is 41.1 Å². The molecular formula is C32H28N2O5. The van der Waals surface area contributed by atoms with Gasteiger partial charge in [0.15, 0.2) is 0 Å². The number of amides is 2. The van der Waals surface area contributed by atoms with Gasteiger partial charge in [0.25, 0.3) is 5.91 Å². The minimum absolute atomic E-state index is 0.0850. The number of ether oxygens (including phenoxy) is 1. The Hall–Kier alpha value is -4.91. The Bertz CT molecular complexity index is 1430. The minimum Gasteiger partial charge on any atom is -0.480 e. The lowest BCUT2D eigenvalue weighted by molar-refractivity contribution is -0.145. The summed E-state index contributed by atoms with van der Waals surface area (Å²) in [7, 11) is 0. The van der Waals surface area contributed by atoms with Gasteiger partial charge in [-0.15, -0.1) is 0 Å². The summed E-state index contributed by atoms with van der Waals surface area (Å²) in [4.78, 5) is 39.6. The highest BCUT2D eigenvalue weighted by Gasteiger charge is 2.32. The van der Waals surface area contributed by atoms with Crippen molar-refractivity contribution in [1.29, 1.82) is 0 Å². The van der Waals surface area contributed by atoms with Crippen molar-refractivity contribution in [3.05, 3.63) is 131 Å². The third kappa shape index (κ3) is 5.83. The second kappa shape index (κ2) is 11.6. The minimum atomic E-state index is -1.15. The molecule has 0 bridgehead atoms. The quantitative estimate of drug-likeness (QED) is 0.309. The van der Waals surface area contributed by atoms with Gasteiger partial charge in [-0.2, -0.15) is 0 Å². The van der Waals surface area contributed by atoms with Crippen molar-refractivity contribution >= 4 is 18.0 Å². The highest BCUT2D eigenvalue weighted by atomic mass is 16.5. The van der Waals surface area contributed by atoms with Crippen LogP contribution in [0.5, 0.6) is 0 Å². The Morgan fingerprint density at radius 3 is 1.90 bits per heavy atom. The van der Waals surface area contributed by atoms with Gasteiger partial charge in [-0.1, -0.05) is 109 Å². The number of carbonyl (C=O) groups excluding carboxylic acids is 2. The number of nitrogens with one attached hydrogen (secondary N) is 1. The fourth-order valence-electron chi connectivity index (χ4n) is 5.05. The lowest BCUT2D eigenvalue weighted by Crippen LogP contribution is -2.44. The number of fused-ring (bicyclic) bond motifs is 3. The standard InChI is InChI=1S/C32H28N2O5/c35-29(36)20-34(19-22-11-3-1-4-12-22)31(37)30(23-13-5-2-6-14-23)33-32(38)39-21-28-26-17-9-7-15-24(26)25-16-8-10-18-27(25)28/h1-18,28,30H,19-21H2,(H,33,38)(H,35,36)/t30-/m1/s1. The maximum atomic E-state index is 13.7. The average Bonchev–Trinajstić information content (AvgIpc) is 3.28. The molecule has 0 aliphatic heterocycles. The van der Waals surface area contributed by atoms with Crippen LogP contribution in [0.3, 0.4) is 0 Å². The molecule has 2 amide bonds. The monoisotopic (exact) mass is 520 g/mol. The summed E-state index contributed by atoms with van der Waals surface area (Å²) in [6, 6.07) is 32.8. The summed E-state index contributed by atoms with van der Waals surface area (Å²) in [5, 5.41) is 12.2. The van der Waals surface area contributed by atoms with Crippen molar-refractivity contribution in [2.45, 2.75) is 18.5 Å². The Morgan fingerprint density at radius 1 is 0.769 bits per heavy atom. The number of nitrogens with zero attached hydrogens (tertiary/aromatic N) is 1. The van der Waals surface area contributed by atoms with Gasteiger partial charge in [-0.3, -0.25) is 9.59 Å². The van der Waals surface area contributed by atoms with Gasteiger partial charge in [0.2, 0.25) is 0 Å². The molecule has 4 aromatic rings. The molecule has 1 atom stereocenters. The lowest BCUT2D eigenvalue weighted by Gasteiger charge is -2.27. The Morgan fingerprint density at radius 2 is 1.31 bits per heavy atom. The number of carbonyl (C=O) groups is 3. The van der Waals surface area contributed by atoms with E-state index in [1.165, 1.54) is 4.90 Å². The molecule has 5 rings (SSSR count). The van der Waals surface area contributed by atoms with Crippen LogP contribution >= 0.6 is 0 Å². The third-order valence-corrected chi connectivity index (χ3v) is 6.84. The zero-order valence-electron chi connectivity index (χ0n) is 21.2. The zero-order chi connectivity index (χ0) is 27.2. The van der Waals surface area contributed by atoms with Crippen molar-refractivity contribution in [3.63, 3.8) is 0 Å². The van der Waals surface area contributed by atoms with Gasteiger partial charge in [0, 0.05) is 12.5 Å². The number of carboxylic acids is 1. The molecule has 7 nitrogen and oxygen atoms in total. The maximum Gasteiger partial charge on any atom is 0.408 e. The number of rotatable bonds is 9. The summed E-state index contributed by atoms with van der Waals surface area (Å²) >= 11 is 0. The van der Waals surface area contributed by atoms with Gasteiger partial charge in [0.1, 0.15) is 19.2 Å². The molecule has 4 aromatic carbocycles. The molecule has 0 heterocycles. The van der Waals surface area contributed by atoms with Crippen molar-refractivity contribution in [2.75, 3.05) is 13.2 Å². The first-order chi connectivity index (χ1) is 19.0. The molecule has 0 aromatic heterocycles. The molecule has 196 valence electrons. The normalized spacial score (nSPS) is 12.6. The molecule has 39 heavy (non-hydrogen) atoms. The predicted molar refractivity (Wildman–Crippen MR) is 147 cm³/mol. The van der Waals surface area contributed by atoms with E-state index in [-0.39, 0.29) is 19.1 Å². The van der Waals surface area contributed by atoms with E-state index in [4.69, 9.17) is 4.74 Å². The number of aliphatic carboxylic acids is 1. The van der Waals surface area contributed by atoms with E-state index in [0.29, 0.717) is 5.56 Å². The van der Waals surface area contributed by atoms with Gasteiger partial charge in [0.05, 0.1) is 0 Å². The number of alkyl carbamates (subject to hydrolysis) is 1. The van der Waals surface area contributed by atoms with E-state index in [1.54, 1.807) is 30.3 Å². The number of hydrogen-bond donors (Lipinski definition) is 2. The molecule has 0 radical (unpaired) electrons. The molecular weight excluding hydrogens is 492 g/mol. The largest absolute Gasteiger partial charge is 0.480 e. The molecule has 0 unspecified atom stereocenters. The van der Waals surface area contributed by atoms with Crippen LogP contribution in [0.1, 0.15) is 34.2 Å². The summed E-state index contributed by atoms with van der Waals surface area (Å²) in [6.45, 7) is -0.330. The first kappa shape index (κ1) is 25.7. The summed E-state index contributed by atoms with van der Waals surface area (Å²) in [5.41, 5.74) is 5.70. The second-order valence-corrected chi connectivity index (χ2v) is 9.39. The molecule has 0 saturated heterocycles. The van der Waals surface area contributed by atoms with Crippen molar-refractivity contribution in [3.8, 4) is 11.1 Å².